The molecule has 0 rings (SSSR count). The normalized spacial score (nSPS) is 13.7. The molecule has 0 aromatic carbocycles. The lowest BCUT2D eigenvalue weighted by Crippen LogP contribution is -2.40. The van der Waals surface area contributed by atoms with Crippen LogP contribution in [0.4, 0.5) is 0 Å². The first-order valence-electron chi connectivity index (χ1n) is 29.2. The molecule has 0 aliphatic heterocycles. The number of carboxylic acids is 1. The molecular weight excluding hydrogens is 923 g/mol. The number of esters is 2. The predicted octanol–water partition coefficient (Wildman–Crippen LogP) is 17.3. The highest BCUT2D eigenvalue weighted by Crippen LogP contribution is 2.14. The number of hydrogen-bond donors (Lipinski definition) is 1. The van der Waals surface area contributed by atoms with Gasteiger partial charge in [-0.25, -0.2) is 4.79 Å². The molecule has 74 heavy (non-hydrogen) atoms. The Labute approximate surface area is 453 Å². The summed E-state index contributed by atoms with van der Waals surface area (Å²) in [6.07, 6.45) is 74.2. The minimum absolute atomic E-state index is 0.178. The minimum Gasteiger partial charge on any atom is -0.477 e. The quantitative estimate of drug-likeness (QED) is 0.0211. The first-order valence-corrected chi connectivity index (χ1v) is 29.2. The summed E-state index contributed by atoms with van der Waals surface area (Å²) in [5.74, 6) is -2.04. The number of aliphatic carboxylic acids is 1. The predicted molar refractivity (Wildman–Crippen MR) is 313 cm³/mol. The van der Waals surface area contributed by atoms with E-state index in [1.54, 1.807) is 0 Å². The molecule has 2 unspecified atom stereocenters. The number of nitrogens with zero attached hydrogens (tertiary/aromatic N) is 1. The third kappa shape index (κ3) is 55.4. The topological polar surface area (TPSA) is 108 Å². The van der Waals surface area contributed by atoms with Crippen molar-refractivity contribution in [1.29, 1.82) is 0 Å². The standard InChI is InChI=1S/C65H107NO8/c1-6-8-10-12-14-16-18-20-22-23-24-25-26-27-28-29-30-31-32-33-34-35-36-37-38-39-40-41-42-44-46-48-50-52-54-56-63(68)74-61(60-73-65(64(69)70)71-58-57-66(3,4)5)59-72-62(67)55-53-51-49-47-45-43-21-19-17-15-13-11-9-7-2/h8,10,14,16,19-22,24-25,27-28,30-31,33-34,36-37,39-40,61,65H,6-7,9,11-13,15,17-18,23,26,29,32,35,38,41-60H2,1-5H3/p+1/b10-8-,16-14-,21-19-,22-20-,25-24-,28-27-,31-30-,34-33-,37-36-,40-39-. The zero-order chi connectivity index (χ0) is 54.1. The number of hydrogen-bond acceptors (Lipinski definition) is 7. The second-order valence-electron chi connectivity index (χ2n) is 20.2. The van der Waals surface area contributed by atoms with Crippen molar-refractivity contribution < 1.29 is 42.9 Å². The highest BCUT2D eigenvalue weighted by molar-refractivity contribution is 5.71. The molecule has 9 nitrogen and oxygen atoms in total. The summed E-state index contributed by atoms with van der Waals surface area (Å²) >= 11 is 0. The number of ether oxygens (including phenoxy) is 4. The lowest BCUT2D eigenvalue weighted by atomic mass is 10.1. The van der Waals surface area contributed by atoms with Gasteiger partial charge in [-0.2, -0.15) is 0 Å². The van der Waals surface area contributed by atoms with Crippen LogP contribution in [0.1, 0.15) is 213 Å². The average molecular weight is 1030 g/mol. The maximum Gasteiger partial charge on any atom is 0.361 e. The number of allylic oxidation sites excluding steroid dienone is 20. The van der Waals surface area contributed by atoms with Gasteiger partial charge in [0.25, 0.3) is 6.29 Å². The maximum atomic E-state index is 12.9. The fourth-order valence-corrected chi connectivity index (χ4v) is 7.47. The number of rotatable bonds is 52. The molecule has 0 aliphatic rings. The van der Waals surface area contributed by atoms with Crippen LogP contribution in [-0.4, -0.2) is 87.4 Å². The zero-order valence-electron chi connectivity index (χ0n) is 47.7. The van der Waals surface area contributed by atoms with E-state index < -0.39 is 24.3 Å². The van der Waals surface area contributed by atoms with Crippen molar-refractivity contribution in [1.82, 2.24) is 0 Å². The molecule has 9 heteroatoms. The van der Waals surface area contributed by atoms with Crippen LogP contribution in [0.2, 0.25) is 0 Å². The van der Waals surface area contributed by atoms with Gasteiger partial charge in [0.2, 0.25) is 0 Å². The largest absolute Gasteiger partial charge is 0.477 e. The molecule has 0 bridgehead atoms. The average Bonchev–Trinajstić information content (AvgIpc) is 3.37. The third-order valence-electron chi connectivity index (χ3n) is 12.0. The minimum atomic E-state index is -1.52. The number of carbonyl (C=O) groups is 3. The van der Waals surface area contributed by atoms with Crippen LogP contribution in [0, 0.1) is 0 Å². The van der Waals surface area contributed by atoms with Gasteiger partial charge in [-0.05, 0) is 109 Å². The summed E-state index contributed by atoms with van der Waals surface area (Å²) in [7, 11) is 5.95. The third-order valence-corrected chi connectivity index (χ3v) is 12.0. The summed E-state index contributed by atoms with van der Waals surface area (Å²) in [6, 6.07) is 0. The van der Waals surface area contributed by atoms with Crippen LogP contribution in [0.5, 0.6) is 0 Å². The molecule has 0 fully saturated rings. The molecule has 0 aliphatic carbocycles. The Kier molecular flexibility index (Phi) is 51.7. The summed E-state index contributed by atoms with van der Waals surface area (Å²) in [6.45, 7) is 4.71. The van der Waals surface area contributed by atoms with Gasteiger partial charge < -0.3 is 28.5 Å². The molecule has 0 amide bonds. The van der Waals surface area contributed by atoms with Crippen LogP contribution in [-0.2, 0) is 33.3 Å². The molecule has 0 aromatic rings. The van der Waals surface area contributed by atoms with Crippen molar-refractivity contribution in [3.63, 3.8) is 0 Å². The van der Waals surface area contributed by atoms with Crippen molar-refractivity contribution in [2.24, 2.45) is 0 Å². The molecule has 0 radical (unpaired) electrons. The fraction of sp³-hybridized carbons (Fsp3) is 0.646. The Hall–Kier alpha value is -4.31. The molecule has 420 valence electrons. The van der Waals surface area contributed by atoms with E-state index in [-0.39, 0.29) is 38.6 Å². The first kappa shape index (κ1) is 69.7. The Morgan fingerprint density at radius 1 is 0.419 bits per heavy atom. The number of likely N-dealkylation sites (N-methyl/N-ethyl adjacent to an activating group) is 1. The van der Waals surface area contributed by atoms with Crippen molar-refractivity contribution in [2.45, 2.75) is 225 Å². The fourth-order valence-electron chi connectivity index (χ4n) is 7.47. The van der Waals surface area contributed by atoms with E-state index in [4.69, 9.17) is 18.9 Å². The van der Waals surface area contributed by atoms with E-state index >= 15 is 0 Å². The molecule has 0 spiro atoms. The van der Waals surface area contributed by atoms with Crippen molar-refractivity contribution in [3.8, 4) is 0 Å². The highest BCUT2D eigenvalue weighted by atomic mass is 16.7. The number of quaternary nitrogens is 1. The van der Waals surface area contributed by atoms with Crippen LogP contribution in [0.15, 0.2) is 122 Å². The van der Waals surface area contributed by atoms with E-state index in [9.17, 15) is 19.5 Å². The number of carbonyl (C=O) groups excluding carboxylic acids is 2. The summed E-state index contributed by atoms with van der Waals surface area (Å²) in [4.78, 5) is 37.3. The molecule has 0 heterocycles. The molecule has 0 saturated carbocycles. The lowest BCUT2D eigenvalue weighted by molar-refractivity contribution is -0.870. The second kappa shape index (κ2) is 54.9. The van der Waals surface area contributed by atoms with E-state index in [1.165, 1.54) is 57.8 Å². The van der Waals surface area contributed by atoms with Gasteiger partial charge in [0.15, 0.2) is 6.10 Å². The van der Waals surface area contributed by atoms with Gasteiger partial charge in [-0.1, -0.05) is 212 Å². The Morgan fingerprint density at radius 3 is 1.16 bits per heavy atom. The van der Waals surface area contributed by atoms with E-state index in [2.05, 4.69) is 135 Å². The first-order chi connectivity index (χ1) is 36.1. The van der Waals surface area contributed by atoms with Gasteiger partial charge in [0, 0.05) is 12.8 Å². The van der Waals surface area contributed by atoms with Crippen LogP contribution >= 0.6 is 0 Å². The summed E-state index contributed by atoms with van der Waals surface area (Å²) in [5, 5.41) is 9.69. The molecule has 2 atom stereocenters. The van der Waals surface area contributed by atoms with Gasteiger partial charge in [-0.15, -0.1) is 0 Å². The highest BCUT2D eigenvalue weighted by Gasteiger charge is 2.25. The molecule has 0 aromatic heterocycles. The molecule has 0 saturated heterocycles. The Balaban J connectivity index is 4.25. The zero-order valence-corrected chi connectivity index (χ0v) is 47.7. The molecular formula is C65H108NO8+. The maximum absolute atomic E-state index is 12.9. The second-order valence-corrected chi connectivity index (χ2v) is 20.2. The van der Waals surface area contributed by atoms with Crippen molar-refractivity contribution in [3.05, 3.63) is 122 Å². The van der Waals surface area contributed by atoms with Gasteiger partial charge in [0.05, 0.1) is 34.4 Å². The summed E-state index contributed by atoms with van der Waals surface area (Å²) in [5.41, 5.74) is 0. The van der Waals surface area contributed by atoms with Crippen LogP contribution in [0.25, 0.3) is 0 Å². The smallest absolute Gasteiger partial charge is 0.361 e. The molecule has 1 N–H and O–H groups in total. The van der Waals surface area contributed by atoms with E-state index in [0.29, 0.717) is 17.4 Å². The lowest BCUT2D eigenvalue weighted by Gasteiger charge is -2.25. The Bertz CT molecular complexity index is 1620. The monoisotopic (exact) mass is 1030 g/mol. The van der Waals surface area contributed by atoms with Crippen molar-refractivity contribution in [2.75, 3.05) is 47.5 Å². The SMILES string of the molecule is CC/C=C\C/C=C\C/C=C\C/C=C\C/C=C\C/C=C\C/C=C\C/C=C\C/C=C\CCCCCCCCCC(=O)OC(COC(=O)CCCCCCC/C=C\CCCCCCC)COC(OCC[N+](C)(C)C)C(=O)O. The van der Waals surface area contributed by atoms with Crippen LogP contribution in [0.3, 0.4) is 0 Å². The van der Waals surface area contributed by atoms with Crippen LogP contribution < -0.4 is 0 Å². The van der Waals surface area contributed by atoms with Gasteiger partial charge >= 0.3 is 17.9 Å². The van der Waals surface area contributed by atoms with E-state index in [1.807, 2.05) is 21.1 Å². The van der Waals surface area contributed by atoms with Crippen molar-refractivity contribution >= 4 is 17.9 Å². The summed E-state index contributed by atoms with van der Waals surface area (Å²) < 4.78 is 22.8. The number of carboxylic acid groups (broad SMARTS) is 1. The van der Waals surface area contributed by atoms with Gasteiger partial charge in [-0.3, -0.25) is 9.59 Å². The Morgan fingerprint density at radius 2 is 0.770 bits per heavy atom. The van der Waals surface area contributed by atoms with E-state index in [0.717, 1.165) is 122 Å². The van der Waals surface area contributed by atoms with Gasteiger partial charge in [0.1, 0.15) is 13.2 Å². The number of unbranched alkanes of at least 4 members (excludes halogenated alkanes) is 17.